The lowest BCUT2D eigenvalue weighted by atomic mass is 9.75. The average Bonchev–Trinajstić information content (AvgIpc) is 3.03. The van der Waals surface area contributed by atoms with E-state index in [9.17, 15) is 13.2 Å². The van der Waals surface area contributed by atoms with E-state index in [1.165, 1.54) is 6.07 Å². The van der Waals surface area contributed by atoms with Gasteiger partial charge in [-0.3, -0.25) is 0 Å². The second-order valence-corrected chi connectivity index (χ2v) is 7.26. The van der Waals surface area contributed by atoms with Crippen LogP contribution in [0.25, 0.3) is 0 Å². The summed E-state index contributed by atoms with van der Waals surface area (Å²) in [6.07, 6.45) is 0.108. The fraction of sp³-hybridized carbons (Fsp3) is 0.263. The zero-order valence-corrected chi connectivity index (χ0v) is 14.5. The predicted molar refractivity (Wildman–Crippen MR) is 94.3 cm³/mol. The van der Waals surface area contributed by atoms with E-state index in [1.54, 1.807) is 6.07 Å². The number of fused-ring (bicyclic) bond motifs is 3. The first-order valence-corrected chi connectivity index (χ1v) is 8.70. The maximum atomic E-state index is 13.5. The summed E-state index contributed by atoms with van der Waals surface area (Å²) in [5.74, 6) is -0.332. The first kappa shape index (κ1) is 16.8. The van der Waals surface area contributed by atoms with Gasteiger partial charge in [0.15, 0.2) is 0 Å². The van der Waals surface area contributed by atoms with Crippen LogP contribution in [-0.4, -0.2) is 0 Å². The summed E-state index contributed by atoms with van der Waals surface area (Å²) in [5, 5.41) is 4.16. The van der Waals surface area contributed by atoms with E-state index in [-0.39, 0.29) is 23.4 Å². The molecule has 1 N–H and O–H groups in total. The lowest BCUT2D eigenvalue weighted by Gasteiger charge is -2.39. The molecule has 3 atom stereocenters. The predicted octanol–water partition coefficient (Wildman–Crippen LogP) is 6.84. The number of hydrogen-bond donors (Lipinski definition) is 1. The van der Waals surface area contributed by atoms with E-state index in [0.29, 0.717) is 22.2 Å². The zero-order chi connectivity index (χ0) is 17.8. The van der Waals surface area contributed by atoms with Crippen LogP contribution in [0.1, 0.15) is 35.1 Å². The highest BCUT2D eigenvalue weighted by Crippen LogP contribution is 2.54. The third-order valence-electron chi connectivity index (χ3n) is 4.98. The average molecular weight is 384 g/mol. The third kappa shape index (κ3) is 2.81. The molecule has 0 unspecified atom stereocenters. The topological polar surface area (TPSA) is 12.0 Å². The van der Waals surface area contributed by atoms with Crippen molar-refractivity contribution in [3.05, 3.63) is 75.3 Å². The van der Waals surface area contributed by atoms with Crippen molar-refractivity contribution in [2.75, 3.05) is 5.32 Å². The largest absolute Gasteiger partial charge is 0.416 e. The molecule has 0 saturated carbocycles. The van der Waals surface area contributed by atoms with Crippen molar-refractivity contribution in [3.63, 3.8) is 0 Å². The van der Waals surface area contributed by atoms with Gasteiger partial charge in [-0.25, -0.2) is 0 Å². The number of hydrogen-bond acceptors (Lipinski definition) is 1. The monoisotopic (exact) mass is 383 g/mol. The van der Waals surface area contributed by atoms with Gasteiger partial charge in [0.2, 0.25) is 0 Å². The van der Waals surface area contributed by atoms with Crippen LogP contribution in [0.5, 0.6) is 0 Å². The van der Waals surface area contributed by atoms with Crippen molar-refractivity contribution in [2.45, 2.75) is 24.6 Å². The van der Waals surface area contributed by atoms with E-state index in [1.807, 2.05) is 30.4 Å². The van der Waals surface area contributed by atoms with Crippen LogP contribution >= 0.6 is 23.2 Å². The molecule has 0 saturated heterocycles. The Hall–Kier alpha value is -1.65. The summed E-state index contributed by atoms with van der Waals surface area (Å²) < 4.78 is 40.6. The van der Waals surface area contributed by atoms with Crippen molar-refractivity contribution < 1.29 is 13.2 Å². The Morgan fingerprint density at radius 2 is 1.88 bits per heavy atom. The molecular formula is C19H14Cl2F3N. The maximum Gasteiger partial charge on any atom is 0.416 e. The molecule has 0 bridgehead atoms. The van der Waals surface area contributed by atoms with Crippen LogP contribution in [0.2, 0.25) is 10.0 Å². The van der Waals surface area contributed by atoms with Gasteiger partial charge in [0.05, 0.1) is 22.3 Å². The van der Waals surface area contributed by atoms with Crippen molar-refractivity contribution in [3.8, 4) is 0 Å². The minimum Gasteiger partial charge on any atom is -0.376 e. The highest BCUT2D eigenvalue weighted by molar-refractivity contribution is 6.33. The van der Waals surface area contributed by atoms with Gasteiger partial charge in [0.25, 0.3) is 0 Å². The Balaban J connectivity index is 1.88. The zero-order valence-electron chi connectivity index (χ0n) is 12.9. The Labute approximate surface area is 153 Å². The van der Waals surface area contributed by atoms with Crippen molar-refractivity contribution >= 4 is 28.9 Å². The van der Waals surface area contributed by atoms with Crippen LogP contribution < -0.4 is 5.32 Å². The third-order valence-corrected chi connectivity index (χ3v) is 5.53. The van der Waals surface area contributed by atoms with Crippen molar-refractivity contribution in [1.29, 1.82) is 0 Å². The van der Waals surface area contributed by atoms with Gasteiger partial charge in [-0.15, -0.1) is 0 Å². The number of allylic oxidation sites excluding steroid dienone is 2. The quantitative estimate of drug-likeness (QED) is 0.531. The van der Waals surface area contributed by atoms with Gasteiger partial charge >= 0.3 is 6.18 Å². The minimum atomic E-state index is -4.42. The number of anilines is 1. The Bertz CT molecular complexity index is 860. The minimum absolute atomic E-state index is 0.00877. The molecule has 2 aromatic rings. The van der Waals surface area contributed by atoms with Crippen LogP contribution in [-0.2, 0) is 6.18 Å². The van der Waals surface area contributed by atoms with Crippen LogP contribution in [0, 0.1) is 5.92 Å². The molecule has 1 aliphatic heterocycles. The highest BCUT2D eigenvalue weighted by Gasteiger charge is 2.44. The second kappa shape index (κ2) is 5.96. The molecule has 2 aromatic carbocycles. The highest BCUT2D eigenvalue weighted by atomic mass is 35.5. The van der Waals surface area contributed by atoms with Crippen LogP contribution in [0.15, 0.2) is 48.6 Å². The molecule has 1 aliphatic carbocycles. The van der Waals surface area contributed by atoms with Gasteiger partial charge in [0, 0.05) is 10.9 Å². The van der Waals surface area contributed by atoms with E-state index in [2.05, 4.69) is 5.32 Å². The molecular weight excluding hydrogens is 370 g/mol. The summed E-state index contributed by atoms with van der Waals surface area (Å²) in [4.78, 5) is 0. The molecule has 1 nitrogen and oxygen atoms in total. The smallest absolute Gasteiger partial charge is 0.376 e. The normalized spacial score (nSPS) is 24.6. The summed E-state index contributed by atoms with van der Waals surface area (Å²) in [7, 11) is 0. The van der Waals surface area contributed by atoms with Crippen LogP contribution in [0.3, 0.4) is 0 Å². The molecule has 0 radical (unpaired) electrons. The summed E-state index contributed by atoms with van der Waals surface area (Å²) in [5.41, 5.74) is 0.946. The second-order valence-electron chi connectivity index (χ2n) is 6.41. The fourth-order valence-electron chi connectivity index (χ4n) is 3.95. The van der Waals surface area contributed by atoms with E-state index in [4.69, 9.17) is 23.2 Å². The Kier molecular flexibility index (Phi) is 4.00. The van der Waals surface area contributed by atoms with Crippen molar-refractivity contribution in [2.24, 2.45) is 5.92 Å². The SMILES string of the molecule is FC(F)(F)c1ccc(Cl)c2c1[C@@H]1C=CC[C@@H]1[C@H](c1cccc(Cl)c1)N2. The number of rotatable bonds is 1. The van der Waals surface area contributed by atoms with Gasteiger partial charge < -0.3 is 5.32 Å². The molecule has 0 spiro atoms. The fourth-order valence-corrected chi connectivity index (χ4v) is 4.37. The van der Waals surface area contributed by atoms with E-state index < -0.39 is 11.7 Å². The summed E-state index contributed by atoms with van der Waals surface area (Å²) >= 11 is 12.4. The lowest BCUT2D eigenvalue weighted by Crippen LogP contribution is -2.31. The van der Waals surface area contributed by atoms with Gasteiger partial charge in [-0.2, -0.15) is 13.2 Å². The maximum absolute atomic E-state index is 13.5. The van der Waals surface area contributed by atoms with Gasteiger partial charge in [0.1, 0.15) is 0 Å². The van der Waals surface area contributed by atoms with Gasteiger partial charge in [-0.1, -0.05) is 47.5 Å². The first-order valence-electron chi connectivity index (χ1n) is 7.94. The standard InChI is InChI=1S/C19H14Cl2F3N/c20-11-4-1-3-10(9-11)17-13-6-2-5-12(13)16-14(19(22,23)24)7-8-15(21)18(16)25-17/h1-5,7-9,12-13,17,25H,6H2/t12-,13+,17+/m1/s1. The molecule has 130 valence electrons. The first-order chi connectivity index (χ1) is 11.9. The lowest BCUT2D eigenvalue weighted by molar-refractivity contribution is -0.138. The number of nitrogens with one attached hydrogen (secondary N) is 1. The molecule has 0 fully saturated rings. The number of alkyl halides is 3. The summed E-state index contributed by atoms with van der Waals surface area (Å²) in [6, 6.07) is 9.65. The Morgan fingerprint density at radius 1 is 1.08 bits per heavy atom. The Morgan fingerprint density at radius 3 is 2.60 bits per heavy atom. The van der Waals surface area contributed by atoms with E-state index in [0.717, 1.165) is 11.6 Å². The molecule has 4 rings (SSSR count). The molecule has 1 heterocycles. The molecule has 25 heavy (non-hydrogen) atoms. The summed E-state index contributed by atoms with van der Waals surface area (Å²) in [6.45, 7) is 0. The van der Waals surface area contributed by atoms with Crippen LogP contribution in [0.4, 0.5) is 18.9 Å². The number of halogens is 5. The van der Waals surface area contributed by atoms with Crippen molar-refractivity contribution in [1.82, 2.24) is 0 Å². The molecule has 0 amide bonds. The van der Waals surface area contributed by atoms with E-state index >= 15 is 0 Å². The molecule has 6 heteroatoms. The number of benzene rings is 2. The molecule has 0 aromatic heterocycles. The molecule has 2 aliphatic rings. The van der Waals surface area contributed by atoms with Gasteiger partial charge in [-0.05, 0) is 47.7 Å².